The first-order valence-electron chi connectivity index (χ1n) is 7.88. The Labute approximate surface area is 149 Å². The number of thiazole rings is 1. The number of nitrogens with one attached hydrogen (secondary N) is 1. The van der Waals surface area contributed by atoms with Crippen LogP contribution in [-0.2, 0) is 11.2 Å². The van der Waals surface area contributed by atoms with Crippen molar-refractivity contribution < 1.29 is 14.6 Å². The van der Waals surface area contributed by atoms with E-state index >= 15 is 0 Å². The van der Waals surface area contributed by atoms with Gasteiger partial charge in [0.15, 0.2) is 5.13 Å². The number of hydrogen-bond donors (Lipinski definition) is 1. The van der Waals surface area contributed by atoms with Crippen LogP contribution in [0.15, 0.2) is 60.0 Å². The molecule has 128 valence electrons. The zero-order valence-corrected chi connectivity index (χ0v) is 14.3. The van der Waals surface area contributed by atoms with Gasteiger partial charge in [0, 0.05) is 23.3 Å². The third-order valence-corrected chi connectivity index (χ3v) is 4.33. The lowest BCUT2D eigenvalue weighted by Crippen LogP contribution is -2.24. The molecule has 3 rings (SSSR count). The molecule has 0 bridgehead atoms. The summed E-state index contributed by atoms with van der Waals surface area (Å²) in [5.41, 5.74) is 2.66. The normalized spacial score (nSPS) is 10.4. The van der Waals surface area contributed by atoms with Gasteiger partial charge in [-0.3, -0.25) is 0 Å². The van der Waals surface area contributed by atoms with Gasteiger partial charge in [0.05, 0.1) is 12.2 Å². The number of aromatic nitrogens is 1. The van der Waals surface area contributed by atoms with Crippen LogP contribution in [0.3, 0.4) is 0 Å². The molecule has 0 fully saturated rings. The minimum absolute atomic E-state index is 0.168. The molecule has 0 saturated heterocycles. The first-order chi connectivity index (χ1) is 12.2. The fourth-order valence-electron chi connectivity index (χ4n) is 2.38. The summed E-state index contributed by atoms with van der Waals surface area (Å²) in [7, 11) is 0. The monoisotopic (exact) mass is 353 g/mol. The van der Waals surface area contributed by atoms with Gasteiger partial charge in [-0.15, -0.1) is 11.3 Å². The summed E-state index contributed by atoms with van der Waals surface area (Å²) in [5.74, 6) is -0.301. The summed E-state index contributed by atoms with van der Waals surface area (Å²) >= 11 is 1.37. The highest BCUT2D eigenvalue weighted by Crippen LogP contribution is 2.29. The average molecular weight is 353 g/mol. The highest BCUT2D eigenvalue weighted by atomic mass is 32.1. The van der Waals surface area contributed by atoms with Crippen LogP contribution in [-0.4, -0.2) is 24.1 Å². The van der Waals surface area contributed by atoms with Gasteiger partial charge in [-0.25, -0.2) is 4.98 Å². The molecule has 3 aromatic rings. The SMILES string of the molecule is O=C([O-])Cc1csc(NCCOc2ccccc2-c2ccccc2)n1. The van der Waals surface area contributed by atoms with E-state index in [4.69, 9.17) is 4.74 Å². The molecule has 0 aliphatic carbocycles. The van der Waals surface area contributed by atoms with Gasteiger partial charge in [0.25, 0.3) is 0 Å². The molecule has 5 nitrogen and oxygen atoms in total. The van der Waals surface area contributed by atoms with Crippen LogP contribution in [0.4, 0.5) is 5.13 Å². The smallest absolute Gasteiger partial charge is 0.182 e. The second kappa shape index (κ2) is 8.30. The fraction of sp³-hybridized carbons (Fsp3) is 0.158. The summed E-state index contributed by atoms with van der Waals surface area (Å²) < 4.78 is 5.89. The molecule has 0 amide bonds. The molecule has 6 heteroatoms. The minimum Gasteiger partial charge on any atom is -0.550 e. The summed E-state index contributed by atoms with van der Waals surface area (Å²) in [6, 6.07) is 18.0. The van der Waals surface area contributed by atoms with E-state index in [1.807, 2.05) is 42.5 Å². The second-order valence-corrected chi connectivity index (χ2v) is 6.19. The molecular formula is C19H17N2O3S-. The number of nitrogens with zero attached hydrogens (tertiary/aromatic N) is 1. The van der Waals surface area contributed by atoms with Gasteiger partial charge in [-0.2, -0.15) is 0 Å². The maximum absolute atomic E-state index is 10.6. The van der Waals surface area contributed by atoms with E-state index in [1.54, 1.807) is 5.38 Å². The first-order valence-corrected chi connectivity index (χ1v) is 8.76. The molecule has 2 aromatic carbocycles. The van der Waals surface area contributed by atoms with Gasteiger partial charge < -0.3 is 20.0 Å². The van der Waals surface area contributed by atoms with Crippen LogP contribution in [0, 0.1) is 0 Å². The van der Waals surface area contributed by atoms with Crippen molar-refractivity contribution in [1.82, 2.24) is 4.98 Å². The molecule has 0 saturated carbocycles. The molecule has 0 spiro atoms. The standard InChI is InChI=1S/C19H18N2O3S/c22-18(23)12-15-13-25-19(21-15)20-10-11-24-17-9-5-4-8-16(17)14-6-2-1-3-7-14/h1-9,13H,10-12H2,(H,20,21)(H,22,23)/p-1. The Balaban J connectivity index is 1.54. The number of ether oxygens (including phenoxy) is 1. The van der Waals surface area contributed by atoms with Gasteiger partial charge in [-0.1, -0.05) is 48.5 Å². The van der Waals surface area contributed by atoms with Crippen LogP contribution < -0.4 is 15.2 Å². The first kappa shape index (κ1) is 17.0. The summed E-state index contributed by atoms with van der Waals surface area (Å²) in [6.07, 6.45) is -0.168. The number of para-hydroxylation sites is 1. The Bertz CT molecular complexity index is 833. The van der Waals surface area contributed by atoms with Crippen LogP contribution >= 0.6 is 11.3 Å². The van der Waals surface area contributed by atoms with Crippen molar-refractivity contribution in [2.45, 2.75) is 6.42 Å². The van der Waals surface area contributed by atoms with E-state index in [2.05, 4.69) is 22.4 Å². The van der Waals surface area contributed by atoms with E-state index in [-0.39, 0.29) is 6.42 Å². The van der Waals surface area contributed by atoms with Gasteiger partial charge >= 0.3 is 0 Å². The number of carbonyl (C=O) groups is 1. The highest BCUT2D eigenvalue weighted by molar-refractivity contribution is 7.13. The van der Waals surface area contributed by atoms with E-state index < -0.39 is 5.97 Å². The number of carbonyl (C=O) groups excluding carboxylic acids is 1. The summed E-state index contributed by atoms with van der Waals surface area (Å²) in [4.78, 5) is 14.7. The molecule has 0 radical (unpaired) electrons. The zero-order valence-electron chi connectivity index (χ0n) is 13.5. The van der Waals surface area contributed by atoms with Crippen LogP contribution in [0.5, 0.6) is 5.75 Å². The molecule has 25 heavy (non-hydrogen) atoms. The van der Waals surface area contributed by atoms with Crippen molar-refractivity contribution >= 4 is 22.4 Å². The summed E-state index contributed by atoms with van der Waals surface area (Å²) in [5, 5.41) is 16.1. The lowest BCUT2D eigenvalue weighted by atomic mass is 10.1. The molecule has 0 aliphatic rings. The predicted molar refractivity (Wildman–Crippen MR) is 96.7 cm³/mol. The Hall–Kier alpha value is -2.86. The lowest BCUT2D eigenvalue weighted by molar-refractivity contribution is -0.304. The average Bonchev–Trinajstić information content (AvgIpc) is 3.06. The Morgan fingerprint density at radius 2 is 1.88 bits per heavy atom. The van der Waals surface area contributed by atoms with Crippen LogP contribution in [0.25, 0.3) is 11.1 Å². The van der Waals surface area contributed by atoms with Crippen molar-refractivity contribution in [2.75, 3.05) is 18.5 Å². The number of carboxylic acid groups (broad SMARTS) is 1. The van der Waals surface area contributed by atoms with Crippen molar-refractivity contribution in [1.29, 1.82) is 0 Å². The largest absolute Gasteiger partial charge is 0.550 e. The maximum atomic E-state index is 10.6. The number of benzene rings is 2. The van der Waals surface area contributed by atoms with Gasteiger partial charge in [0.1, 0.15) is 12.4 Å². The maximum Gasteiger partial charge on any atom is 0.182 e. The van der Waals surface area contributed by atoms with Crippen molar-refractivity contribution in [3.05, 3.63) is 65.7 Å². The number of carboxylic acids is 1. The number of anilines is 1. The van der Waals surface area contributed by atoms with Gasteiger partial charge in [0.2, 0.25) is 0 Å². The van der Waals surface area contributed by atoms with E-state index in [9.17, 15) is 9.90 Å². The molecule has 1 heterocycles. The fourth-order valence-corrected chi connectivity index (χ4v) is 3.12. The van der Waals surface area contributed by atoms with Gasteiger partial charge in [-0.05, 0) is 11.6 Å². The summed E-state index contributed by atoms with van der Waals surface area (Å²) in [6.45, 7) is 1.04. The Kier molecular flexibility index (Phi) is 5.64. The number of rotatable bonds is 8. The van der Waals surface area contributed by atoms with Crippen molar-refractivity contribution in [3.63, 3.8) is 0 Å². The second-order valence-electron chi connectivity index (χ2n) is 5.33. The molecule has 0 aliphatic heterocycles. The third kappa shape index (κ3) is 4.81. The molecule has 0 atom stereocenters. The minimum atomic E-state index is -1.13. The quantitative estimate of drug-likeness (QED) is 0.630. The Morgan fingerprint density at radius 3 is 2.68 bits per heavy atom. The Morgan fingerprint density at radius 1 is 1.12 bits per heavy atom. The molecular weight excluding hydrogens is 336 g/mol. The third-order valence-electron chi connectivity index (χ3n) is 3.48. The van der Waals surface area contributed by atoms with Crippen LogP contribution in [0.1, 0.15) is 5.69 Å². The predicted octanol–water partition coefficient (Wildman–Crippen LogP) is 2.59. The molecule has 1 N–H and O–H groups in total. The number of hydrogen-bond acceptors (Lipinski definition) is 6. The molecule has 1 aromatic heterocycles. The van der Waals surface area contributed by atoms with E-state index in [1.165, 1.54) is 11.3 Å². The van der Waals surface area contributed by atoms with E-state index in [0.717, 1.165) is 16.9 Å². The zero-order chi connectivity index (χ0) is 17.5. The van der Waals surface area contributed by atoms with Crippen LogP contribution in [0.2, 0.25) is 0 Å². The topological polar surface area (TPSA) is 74.3 Å². The van der Waals surface area contributed by atoms with Crippen molar-refractivity contribution in [3.8, 4) is 16.9 Å². The number of aliphatic carboxylic acids is 1. The molecule has 0 unspecified atom stereocenters. The van der Waals surface area contributed by atoms with E-state index in [0.29, 0.717) is 24.0 Å². The van der Waals surface area contributed by atoms with Crippen molar-refractivity contribution in [2.24, 2.45) is 0 Å². The lowest BCUT2D eigenvalue weighted by Gasteiger charge is -2.12. The highest BCUT2D eigenvalue weighted by Gasteiger charge is 2.06.